The molecule has 0 spiro atoms. The fourth-order valence-corrected chi connectivity index (χ4v) is 2.21. The van der Waals surface area contributed by atoms with E-state index in [-0.39, 0.29) is 22.2 Å². The van der Waals surface area contributed by atoms with Crippen LogP contribution in [0, 0.1) is 5.82 Å². The van der Waals surface area contributed by atoms with Gasteiger partial charge in [0, 0.05) is 12.0 Å². The van der Waals surface area contributed by atoms with Crippen molar-refractivity contribution in [2.45, 2.75) is 12.6 Å². The third-order valence-electron chi connectivity index (χ3n) is 2.92. The summed E-state index contributed by atoms with van der Waals surface area (Å²) in [7, 11) is 0. The zero-order chi connectivity index (χ0) is 15.6. The molecule has 0 atom stereocenters. The molecule has 1 nitrogen and oxygen atoms in total. The van der Waals surface area contributed by atoms with Crippen molar-refractivity contribution in [3.05, 3.63) is 69.4 Å². The lowest BCUT2D eigenvalue weighted by molar-refractivity contribution is -0.137. The van der Waals surface area contributed by atoms with Crippen LogP contribution in [0.4, 0.5) is 17.6 Å². The van der Waals surface area contributed by atoms with Crippen molar-refractivity contribution >= 4 is 21.7 Å². The van der Waals surface area contributed by atoms with Gasteiger partial charge in [0.05, 0.1) is 10.0 Å². The predicted molar refractivity (Wildman–Crippen MR) is 73.6 cm³/mol. The van der Waals surface area contributed by atoms with Crippen LogP contribution in [0.2, 0.25) is 0 Å². The summed E-state index contributed by atoms with van der Waals surface area (Å²) in [6.45, 7) is 0. The third kappa shape index (κ3) is 3.69. The minimum absolute atomic E-state index is 0.0935. The molecule has 2 rings (SSSR count). The molecule has 0 aliphatic heterocycles. The van der Waals surface area contributed by atoms with Gasteiger partial charge < -0.3 is 0 Å². The van der Waals surface area contributed by atoms with E-state index >= 15 is 0 Å². The van der Waals surface area contributed by atoms with E-state index in [0.717, 1.165) is 24.3 Å². The molecule has 21 heavy (non-hydrogen) atoms. The largest absolute Gasteiger partial charge is 0.416 e. The average Bonchev–Trinajstić information content (AvgIpc) is 2.43. The second-order valence-corrected chi connectivity index (χ2v) is 5.18. The zero-order valence-corrected chi connectivity index (χ0v) is 12.1. The molecule has 0 saturated carbocycles. The van der Waals surface area contributed by atoms with E-state index in [1.54, 1.807) is 6.07 Å². The summed E-state index contributed by atoms with van der Waals surface area (Å²) in [5.74, 6) is -0.872. The van der Waals surface area contributed by atoms with Crippen LogP contribution in [0.15, 0.2) is 46.9 Å². The highest BCUT2D eigenvalue weighted by Crippen LogP contribution is 2.29. The van der Waals surface area contributed by atoms with Crippen molar-refractivity contribution in [1.29, 1.82) is 0 Å². The molecule has 0 amide bonds. The number of carbonyl (C=O) groups is 1. The molecule has 6 heteroatoms. The second kappa shape index (κ2) is 5.97. The van der Waals surface area contributed by atoms with Gasteiger partial charge in [-0.3, -0.25) is 4.79 Å². The van der Waals surface area contributed by atoms with E-state index in [0.29, 0.717) is 5.56 Å². The van der Waals surface area contributed by atoms with Gasteiger partial charge >= 0.3 is 6.18 Å². The molecule has 2 aromatic carbocycles. The maximum Gasteiger partial charge on any atom is 0.416 e. The van der Waals surface area contributed by atoms with Gasteiger partial charge in [0.15, 0.2) is 5.78 Å². The quantitative estimate of drug-likeness (QED) is 0.554. The SMILES string of the molecule is O=C(Cc1cccc(F)c1Br)c1ccc(C(F)(F)F)cc1. The van der Waals surface area contributed by atoms with Gasteiger partial charge in [-0.1, -0.05) is 24.3 Å². The number of benzene rings is 2. The van der Waals surface area contributed by atoms with Gasteiger partial charge in [-0.05, 0) is 39.7 Å². The second-order valence-electron chi connectivity index (χ2n) is 4.39. The van der Waals surface area contributed by atoms with E-state index in [1.165, 1.54) is 12.1 Å². The molecular weight excluding hydrogens is 352 g/mol. The molecule has 110 valence electrons. The van der Waals surface area contributed by atoms with Gasteiger partial charge in [0.1, 0.15) is 5.82 Å². The molecule has 0 aliphatic rings. The molecule has 0 heterocycles. The summed E-state index contributed by atoms with van der Waals surface area (Å²) in [4.78, 5) is 12.0. The van der Waals surface area contributed by atoms with E-state index in [9.17, 15) is 22.4 Å². The van der Waals surface area contributed by atoms with Crippen molar-refractivity contribution in [3.8, 4) is 0 Å². The van der Waals surface area contributed by atoms with E-state index < -0.39 is 17.6 Å². The molecule has 0 radical (unpaired) electrons. The van der Waals surface area contributed by atoms with Crippen LogP contribution in [0.1, 0.15) is 21.5 Å². The number of carbonyl (C=O) groups excluding carboxylic acids is 1. The lowest BCUT2D eigenvalue weighted by atomic mass is 10.0. The van der Waals surface area contributed by atoms with Crippen molar-refractivity contribution in [1.82, 2.24) is 0 Å². The topological polar surface area (TPSA) is 17.1 Å². The van der Waals surface area contributed by atoms with Crippen molar-refractivity contribution in [3.63, 3.8) is 0 Å². The number of ketones is 1. The summed E-state index contributed by atoms with van der Waals surface area (Å²) in [6, 6.07) is 8.25. The fourth-order valence-electron chi connectivity index (χ4n) is 1.81. The molecule has 0 N–H and O–H groups in total. The Hall–Kier alpha value is -1.69. The highest BCUT2D eigenvalue weighted by atomic mass is 79.9. The zero-order valence-electron chi connectivity index (χ0n) is 10.5. The molecule has 0 aliphatic carbocycles. The Morgan fingerprint density at radius 2 is 1.67 bits per heavy atom. The van der Waals surface area contributed by atoms with Gasteiger partial charge in [-0.25, -0.2) is 4.39 Å². The average molecular weight is 361 g/mol. The van der Waals surface area contributed by atoms with E-state index in [2.05, 4.69) is 15.9 Å². The number of alkyl halides is 3. The maximum absolute atomic E-state index is 13.3. The summed E-state index contributed by atoms with van der Waals surface area (Å²) in [5.41, 5.74) is -0.218. The highest BCUT2D eigenvalue weighted by Gasteiger charge is 2.30. The first kappa shape index (κ1) is 15.7. The molecule has 0 fully saturated rings. The van der Waals surface area contributed by atoms with Crippen LogP contribution in [0.25, 0.3) is 0 Å². The van der Waals surface area contributed by atoms with Crippen molar-refractivity contribution in [2.24, 2.45) is 0 Å². The summed E-state index contributed by atoms with van der Waals surface area (Å²) < 4.78 is 50.8. The predicted octanol–water partition coefficient (Wildman–Crippen LogP) is 5.03. The molecule has 0 unspecified atom stereocenters. The van der Waals surface area contributed by atoms with Crippen LogP contribution in [-0.4, -0.2) is 5.78 Å². The van der Waals surface area contributed by atoms with Gasteiger partial charge in [0.2, 0.25) is 0 Å². The van der Waals surface area contributed by atoms with Crippen LogP contribution in [0.3, 0.4) is 0 Å². The van der Waals surface area contributed by atoms with Crippen LogP contribution in [-0.2, 0) is 12.6 Å². The smallest absolute Gasteiger partial charge is 0.294 e. The first-order chi connectivity index (χ1) is 9.79. The van der Waals surface area contributed by atoms with E-state index in [1.807, 2.05) is 0 Å². The normalized spacial score (nSPS) is 11.5. The lowest BCUT2D eigenvalue weighted by Crippen LogP contribution is -2.08. The molecular formula is C15H9BrF4O. The lowest BCUT2D eigenvalue weighted by Gasteiger charge is -2.08. The first-order valence-electron chi connectivity index (χ1n) is 5.92. The Morgan fingerprint density at radius 3 is 2.24 bits per heavy atom. The summed E-state index contributed by atoms with van der Waals surface area (Å²) in [6.07, 6.45) is -4.53. The maximum atomic E-state index is 13.3. The highest BCUT2D eigenvalue weighted by molar-refractivity contribution is 9.10. The number of rotatable bonds is 3. The Kier molecular flexibility index (Phi) is 4.46. The summed E-state index contributed by atoms with van der Waals surface area (Å²) >= 11 is 3.04. The number of hydrogen-bond donors (Lipinski definition) is 0. The molecule has 0 bridgehead atoms. The first-order valence-corrected chi connectivity index (χ1v) is 6.71. The van der Waals surface area contributed by atoms with Gasteiger partial charge in [-0.15, -0.1) is 0 Å². The van der Waals surface area contributed by atoms with E-state index in [4.69, 9.17) is 0 Å². The van der Waals surface area contributed by atoms with Crippen molar-refractivity contribution in [2.75, 3.05) is 0 Å². The molecule has 2 aromatic rings. The van der Waals surface area contributed by atoms with Gasteiger partial charge in [-0.2, -0.15) is 13.2 Å². The molecule has 0 saturated heterocycles. The minimum Gasteiger partial charge on any atom is -0.294 e. The summed E-state index contributed by atoms with van der Waals surface area (Å²) in [5, 5.41) is 0. The third-order valence-corrected chi connectivity index (χ3v) is 3.80. The Balaban J connectivity index is 2.19. The van der Waals surface area contributed by atoms with Crippen LogP contribution < -0.4 is 0 Å². The Labute approximate surface area is 126 Å². The number of hydrogen-bond acceptors (Lipinski definition) is 1. The Morgan fingerprint density at radius 1 is 1.05 bits per heavy atom. The monoisotopic (exact) mass is 360 g/mol. The van der Waals surface area contributed by atoms with Gasteiger partial charge in [0.25, 0.3) is 0 Å². The van der Waals surface area contributed by atoms with Crippen LogP contribution >= 0.6 is 15.9 Å². The standard InChI is InChI=1S/C15H9BrF4O/c16-14-10(2-1-3-12(14)17)8-13(21)9-4-6-11(7-5-9)15(18,19)20/h1-7H,8H2. The minimum atomic E-state index is -4.44. The fraction of sp³-hybridized carbons (Fsp3) is 0.133. The molecule has 0 aromatic heterocycles. The number of halogens is 5. The number of Topliss-reactive ketones (excluding diaryl/α,β-unsaturated/α-hetero) is 1. The van der Waals surface area contributed by atoms with Crippen LogP contribution in [0.5, 0.6) is 0 Å². The Bertz CT molecular complexity index is 662. The van der Waals surface area contributed by atoms with Crippen molar-refractivity contribution < 1.29 is 22.4 Å².